The zero-order chi connectivity index (χ0) is 19.8. The molecule has 4 aromatic rings. The van der Waals surface area contributed by atoms with Gasteiger partial charge in [0.25, 0.3) is 5.56 Å². The van der Waals surface area contributed by atoms with E-state index in [4.69, 9.17) is 33.9 Å². The highest BCUT2D eigenvalue weighted by atomic mass is 35.5. The molecule has 4 rings (SSSR count). The van der Waals surface area contributed by atoms with Crippen molar-refractivity contribution >= 4 is 45.1 Å². The summed E-state index contributed by atoms with van der Waals surface area (Å²) in [5, 5.41) is 1.80. The minimum absolute atomic E-state index is 0.154. The lowest BCUT2D eigenvalue weighted by atomic mass is 10.1. The highest BCUT2D eigenvalue weighted by Crippen LogP contribution is 2.31. The van der Waals surface area contributed by atoms with E-state index in [0.717, 1.165) is 23.0 Å². The molecule has 0 amide bonds. The van der Waals surface area contributed by atoms with Crippen LogP contribution in [0.15, 0.2) is 47.4 Å². The molecule has 0 radical (unpaired) electrons. The zero-order valence-electron chi connectivity index (χ0n) is 15.5. The van der Waals surface area contributed by atoms with Gasteiger partial charge in [-0.3, -0.25) is 4.79 Å². The van der Waals surface area contributed by atoms with E-state index in [1.807, 2.05) is 30.5 Å². The molecule has 0 aliphatic rings. The predicted molar refractivity (Wildman–Crippen MR) is 116 cm³/mol. The van der Waals surface area contributed by atoms with Crippen LogP contribution in [0.3, 0.4) is 0 Å². The van der Waals surface area contributed by atoms with Crippen LogP contribution in [0.25, 0.3) is 33.2 Å². The van der Waals surface area contributed by atoms with Gasteiger partial charge in [0.2, 0.25) is 0 Å². The van der Waals surface area contributed by atoms with Crippen molar-refractivity contribution in [2.75, 3.05) is 6.54 Å². The number of benzene rings is 2. The summed E-state index contributed by atoms with van der Waals surface area (Å²) in [4.78, 5) is 18.1. The molecule has 144 valence electrons. The fourth-order valence-corrected chi connectivity index (χ4v) is 3.90. The molecule has 0 unspecified atom stereocenters. The number of nitrogens with zero attached hydrogens (tertiary/aromatic N) is 3. The SMILES string of the molecule is CCn1cc(-c2nc3cc(Cl)c(Cl)cc3n(CCCN)c2=O)c2ccccc21. The predicted octanol–water partition coefficient (Wildman–Crippen LogP) is 4.69. The molecule has 0 bridgehead atoms. The van der Waals surface area contributed by atoms with Gasteiger partial charge in [-0.2, -0.15) is 0 Å². The maximum absolute atomic E-state index is 13.4. The van der Waals surface area contributed by atoms with Gasteiger partial charge in [0.15, 0.2) is 0 Å². The summed E-state index contributed by atoms with van der Waals surface area (Å²) in [5.41, 5.74) is 9.13. The first-order valence-electron chi connectivity index (χ1n) is 9.23. The first kappa shape index (κ1) is 19.0. The van der Waals surface area contributed by atoms with Gasteiger partial charge in [0.05, 0.1) is 21.1 Å². The smallest absolute Gasteiger partial charge is 0.277 e. The molecule has 2 aromatic heterocycles. The first-order chi connectivity index (χ1) is 13.5. The van der Waals surface area contributed by atoms with Crippen molar-refractivity contribution in [2.24, 2.45) is 5.73 Å². The largest absolute Gasteiger partial charge is 0.347 e. The van der Waals surface area contributed by atoms with Gasteiger partial charge < -0.3 is 14.9 Å². The molecular formula is C21H20Cl2N4O. The Kier molecular flexibility index (Phi) is 5.15. The van der Waals surface area contributed by atoms with E-state index >= 15 is 0 Å². The molecule has 2 aromatic carbocycles. The van der Waals surface area contributed by atoms with Crippen molar-refractivity contribution in [1.29, 1.82) is 0 Å². The second kappa shape index (κ2) is 7.59. The van der Waals surface area contributed by atoms with E-state index in [9.17, 15) is 4.79 Å². The zero-order valence-corrected chi connectivity index (χ0v) is 17.0. The summed E-state index contributed by atoms with van der Waals surface area (Å²) < 4.78 is 3.82. The maximum atomic E-state index is 13.4. The molecule has 0 atom stereocenters. The quantitative estimate of drug-likeness (QED) is 0.514. The van der Waals surface area contributed by atoms with Gasteiger partial charge in [-0.15, -0.1) is 0 Å². The van der Waals surface area contributed by atoms with E-state index in [2.05, 4.69) is 11.5 Å². The van der Waals surface area contributed by atoms with Crippen LogP contribution in [-0.4, -0.2) is 20.7 Å². The van der Waals surface area contributed by atoms with Gasteiger partial charge in [-0.25, -0.2) is 4.98 Å². The highest BCUT2D eigenvalue weighted by Gasteiger charge is 2.18. The lowest BCUT2D eigenvalue weighted by molar-refractivity contribution is 0.648. The highest BCUT2D eigenvalue weighted by molar-refractivity contribution is 6.42. The molecule has 0 fully saturated rings. The summed E-state index contributed by atoms with van der Waals surface area (Å²) in [7, 11) is 0. The first-order valence-corrected chi connectivity index (χ1v) is 9.98. The Morgan fingerprint density at radius 2 is 1.86 bits per heavy atom. The fourth-order valence-electron chi connectivity index (χ4n) is 3.58. The van der Waals surface area contributed by atoms with Gasteiger partial charge in [0, 0.05) is 35.8 Å². The number of hydrogen-bond acceptors (Lipinski definition) is 3. The Hall–Kier alpha value is -2.34. The van der Waals surface area contributed by atoms with Crippen molar-refractivity contribution in [1.82, 2.24) is 14.1 Å². The lowest BCUT2D eigenvalue weighted by Crippen LogP contribution is -2.25. The number of fused-ring (bicyclic) bond motifs is 2. The maximum Gasteiger partial charge on any atom is 0.277 e. The van der Waals surface area contributed by atoms with Crippen LogP contribution in [0, 0.1) is 0 Å². The minimum atomic E-state index is -0.154. The Morgan fingerprint density at radius 1 is 1.11 bits per heavy atom. The second-order valence-corrected chi connectivity index (χ2v) is 7.47. The van der Waals surface area contributed by atoms with Crippen LogP contribution in [0.5, 0.6) is 0 Å². The molecule has 28 heavy (non-hydrogen) atoms. The molecule has 0 spiro atoms. The average molecular weight is 415 g/mol. The van der Waals surface area contributed by atoms with Gasteiger partial charge >= 0.3 is 0 Å². The van der Waals surface area contributed by atoms with Crippen molar-refractivity contribution < 1.29 is 0 Å². The summed E-state index contributed by atoms with van der Waals surface area (Å²) in [6.45, 7) is 3.86. The molecule has 2 N–H and O–H groups in total. The molecule has 0 saturated heterocycles. The third kappa shape index (κ3) is 3.09. The monoisotopic (exact) mass is 414 g/mol. The number of hydrogen-bond donors (Lipinski definition) is 1. The van der Waals surface area contributed by atoms with Crippen LogP contribution < -0.4 is 11.3 Å². The number of rotatable bonds is 5. The summed E-state index contributed by atoms with van der Waals surface area (Å²) >= 11 is 12.4. The summed E-state index contributed by atoms with van der Waals surface area (Å²) in [5.74, 6) is 0. The number of aromatic nitrogens is 3. The Balaban J connectivity index is 2.07. The average Bonchev–Trinajstić information content (AvgIpc) is 3.07. The molecule has 0 aliphatic heterocycles. The molecule has 0 aliphatic carbocycles. The number of para-hydroxylation sites is 1. The molecular weight excluding hydrogens is 395 g/mol. The Labute approximate surface area is 172 Å². The van der Waals surface area contributed by atoms with Gasteiger partial charge in [-0.05, 0) is 38.1 Å². The third-order valence-corrected chi connectivity index (χ3v) is 5.68. The van der Waals surface area contributed by atoms with Crippen molar-refractivity contribution in [3.05, 3.63) is 63.0 Å². The fraction of sp³-hybridized carbons (Fsp3) is 0.238. The normalized spacial score (nSPS) is 11.6. The van der Waals surface area contributed by atoms with E-state index in [1.165, 1.54) is 0 Å². The van der Waals surface area contributed by atoms with E-state index in [-0.39, 0.29) is 5.56 Å². The minimum Gasteiger partial charge on any atom is -0.347 e. The van der Waals surface area contributed by atoms with Crippen molar-refractivity contribution in [3.8, 4) is 11.3 Å². The standard InChI is InChI=1S/C21H20Cl2N4O/c1-2-26-12-14(13-6-3-4-7-18(13)26)20-21(28)27(9-5-8-24)19-11-16(23)15(22)10-17(19)25-20/h3-4,6-7,10-12H,2,5,8-9,24H2,1H3. The molecule has 5 nitrogen and oxygen atoms in total. The van der Waals surface area contributed by atoms with Gasteiger partial charge in [0.1, 0.15) is 5.69 Å². The summed E-state index contributed by atoms with van der Waals surface area (Å²) in [6, 6.07) is 11.4. The van der Waals surface area contributed by atoms with Crippen molar-refractivity contribution in [2.45, 2.75) is 26.4 Å². The van der Waals surface area contributed by atoms with E-state index in [1.54, 1.807) is 16.7 Å². The van der Waals surface area contributed by atoms with Crippen molar-refractivity contribution in [3.63, 3.8) is 0 Å². The van der Waals surface area contributed by atoms with Crippen LogP contribution in [0.1, 0.15) is 13.3 Å². The van der Waals surface area contributed by atoms with E-state index in [0.29, 0.717) is 46.3 Å². The second-order valence-electron chi connectivity index (χ2n) is 6.66. The van der Waals surface area contributed by atoms with Gasteiger partial charge in [-0.1, -0.05) is 41.4 Å². The number of halogens is 2. The lowest BCUT2D eigenvalue weighted by Gasteiger charge is -2.13. The topological polar surface area (TPSA) is 65.8 Å². The summed E-state index contributed by atoms with van der Waals surface area (Å²) in [6.07, 6.45) is 2.67. The number of nitrogens with two attached hydrogens (primary N) is 1. The van der Waals surface area contributed by atoms with Crippen LogP contribution in [0.4, 0.5) is 0 Å². The van der Waals surface area contributed by atoms with Crippen LogP contribution in [0.2, 0.25) is 10.0 Å². The molecule has 0 saturated carbocycles. The third-order valence-electron chi connectivity index (χ3n) is 4.96. The number of aryl methyl sites for hydroxylation is 2. The molecule has 2 heterocycles. The Bertz CT molecular complexity index is 1240. The van der Waals surface area contributed by atoms with E-state index < -0.39 is 0 Å². The van der Waals surface area contributed by atoms with Crippen LogP contribution in [-0.2, 0) is 13.1 Å². The van der Waals surface area contributed by atoms with Crippen LogP contribution >= 0.6 is 23.2 Å². The Morgan fingerprint density at radius 3 is 2.61 bits per heavy atom. The molecule has 7 heteroatoms.